The number of carboxylic acid groups (broad SMARTS) is 1. The Labute approximate surface area is 104 Å². The summed E-state index contributed by atoms with van der Waals surface area (Å²) in [5, 5.41) is 13.9. The van der Waals surface area contributed by atoms with E-state index in [2.05, 4.69) is 0 Å². The Bertz CT molecular complexity index is 577. The van der Waals surface area contributed by atoms with Gasteiger partial charge in [0.1, 0.15) is 10.6 Å². The minimum atomic E-state index is -4.01. The van der Waals surface area contributed by atoms with Crippen LogP contribution < -0.4 is 9.88 Å². The molecule has 0 aliphatic heterocycles. The lowest BCUT2D eigenvalue weighted by Gasteiger charge is -2.10. The Balaban J connectivity index is 2.34. The van der Waals surface area contributed by atoms with E-state index in [-0.39, 0.29) is 16.2 Å². The van der Waals surface area contributed by atoms with Gasteiger partial charge in [-0.1, -0.05) is 0 Å². The first kappa shape index (κ1) is 12.8. The summed E-state index contributed by atoms with van der Waals surface area (Å²) < 4.78 is 28.2. The number of hydrogen-bond acceptors (Lipinski definition) is 4. The summed E-state index contributed by atoms with van der Waals surface area (Å²) in [4.78, 5) is 10.5. The van der Waals surface area contributed by atoms with Gasteiger partial charge in [0.2, 0.25) is 10.0 Å². The van der Waals surface area contributed by atoms with Gasteiger partial charge in [0, 0.05) is 0 Å². The van der Waals surface area contributed by atoms with Crippen molar-refractivity contribution in [1.29, 1.82) is 0 Å². The minimum absolute atomic E-state index is 0.106. The number of sulfonamides is 1. The van der Waals surface area contributed by atoms with E-state index in [1.54, 1.807) is 0 Å². The lowest BCUT2D eigenvalue weighted by molar-refractivity contribution is 0.0696. The van der Waals surface area contributed by atoms with Crippen molar-refractivity contribution in [3.05, 3.63) is 23.8 Å². The average molecular weight is 271 g/mol. The monoisotopic (exact) mass is 271 g/mol. The van der Waals surface area contributed by atoms with Crippen LogP contribution >= 0.6 is 0 Å². The fourth-order valence-corrected chi connectivity index (χ4v) is 2.17. The molecule has 98 valence electrons. The van der Waals surface area contributed by atoms with Gasteiger partial charge >= 0.3 is 5.97 Å². The molecule has 6 nitrogen and oxygen atoms in total. The number of ether oxygens (including phenoxy) is 1. The highest BCUT2D eigenvalue weighted by atomic mass is 32.2. The third-order valence-electron chi connectivity index (χ3n) is 2.67. The first-order valence-corrected chi connectivity index (χ1v) is 6.95. The number of rotatable bonds is 5. The molecule has 1 aliphatic carbocycles. The van der Waals surface area contributed by atoms with E-state index in [4.69, 9.17) is 15.0 Å². The van der Waals surface area contributed by atoms with Gasteiger partial charge in [-0.25, -0.2) is 18.4 Å². The SMILES string of the molecule is NS(=O)(=O)c1cc(C(=O)O)ccc1OCC1CC1. The Morgan fingerprint density at radius 3 is 2.61 bits per heavy atom. The highest BCUT2D eigenvalue weighted by Gasteiger charge is 2.24. The summed E-state index contributed by atoms with van der Waals surface area (Å²) in [5.74, 6) is -0.652. The zero-order valence-electron chi connectivity index (χ0n) is 9.50. The van der Waals surface area contributed by atoms with Crippen LogP contribution in [0.2, 0.25) is 0 Å². The lowest BCUT2D eigenvalue weighted by Crippen LogP contribution is -2.15. The van der Waals surface area contributed by atoms with Crippen molar-refractivity contribution >= 4 is 16.0 Å². The van der Waals surface area contributed by atoms with Crippen molar-refractivity contribution < 1.29 is 23.1 Å². The van der Waals surface area contributed by atoms with E-state index in [0.29, 0.717) is 12.5 Å². The topological polar surface area (TPSA) is 107 Å². The van der Waals surface area contributed by atoms with Crippen LogP contribution in [0, 0.1) is 5.92 Å². The maximum atomic E-state index is 11.4. The Hall–Kier alpha value is -1.60. The van der Waals surface area contributed by atoms with Crippen LogP contribution in [0.15, 0.2) is 23.1 Å². The third-order valence-corrected chi connectivity index (χ3v) is 3.60. The van der Waals surface area contributed by atoms with Gasteiger partial charge in [-0.2, -0.15) is 0 Å². The molecule has 0 spiro atoms. The summed E-state index contributed by atoms with van der Waals surface area (Å²) in [5.41, 5.74) is -0.141. The van der Waals surface area contributed by atoms with Crippen molar-refractivity contribution in [3.63, 3.8) is 0 Å². The zero-order valence-corrected chi connectivity index (χ0v) is 10.3. The molecule has 1 aliphatic rings. The van der Waals surface area contributed by atoms with E-state index in [0.717, 1.165) is 18.9 Å². The molecule has 0 unspecified atom stereocenters. The number of nitrogens with two attached hydrogens (primary N) is 1. The molecule has 1 fully saturated rings. The minimum Gasteiger partial charge on any atom is -0.492 e. The maximum absolute atomic E-state index is 11.4. The van der Waals surface area contributed by atoms with E-state index in [1.807, 2.05) is 0 Å². The molecule has 18 heavy (non-hydrogen) atoms. The first-order valence-electron chi connectivity index (χ1n) is 5.41. The Kier molecular flexibility index (Phi) is 3.27. The normalized spacial score (nSPS) is 15.4. The van der Waals surface area contributed by atoms with Crippen LogP contribution in [0.3, 0.4) is 0 Å². The lowest BCUT2D eigenvalue weighted by atomic mass is 10.2. The molecule has 0 amide bonds. The second kappa shape index (κ2) is 4.58. The summed E-state index contributed by atoms with van der Waals surface area (Å²) in [6, 6.07) is 3.63. The molecule has 0 bridgehead atoms. The van der Waals surface area contributed by atoms with Gasteiger partial charge < -0.3 is 9.84 Å². The van der Waals surface area contributed by atoms with Gasteiger partial charge in [-0.05, 0) is 37.0 Å². The fourth-order valence-electron chi connectivity index (χ4n) is 1.47. The van der Waals surface area contributed by atoms with E-state index in [9.17, 15) is 13.2 Å². The smallest absolute Gasteiger partial charge is 0.335 e. The summed E-state index contributed by atoms with van der Waals surface area (Å²) >= 11 is 0. The maximum Gasteiger partial charge on any atom is 0.335 e. The van der Waals surface area contributed by atoms with E-state index < -0.39 is 16.0 Å². The Morgan fingerprint density at radius 2 is 2.11 bits per heavy atom. The van der Waals surface area contributed by atoms with Gasteiger partial charge in [0.05, 0.1) is 12.2 Å². The van der Waals surface area contributed by atoms with Gasteiger partial charge in [-0.3, -0.25) is 0 Å². The largest absolute Gasteiger partial charge is 0.492 e. The van der Waals surface area contributed by atoms with Crippen molar-refractivity contribution in [2.75, 3.05) is 6.61 Å². The number of carboxylic acids is 1. The molecule has 2 rings (SSSR count). The number of benzene rings is 1. The van der Waals surface area contributed by atoms with Crippen molar-refractivity contribution in [1.82, 2.24) is 0 Å². The molecule has 0 atom stereocenters. The number of hydrogen-bond donors (Lipinski definition) is 2. The van der Waals surface area contributed by atoms with Crippen LogP contribution in [-0.4, -0.2) is 26.1 Å². The van der Waals surface area contributed by atoms with Crippen LogP contribution in [0.1, 0.15) is 23.2 Å². The first-order chi connectivity index (χ1) is 8.38. The molecule has 0 aromatic heterocycles. The fraction of sp³-hybridized carbons (Fsp3) is 0.364. The van der Waals surface area contributed by atoms with Crippen LogP contribution in [0.4, 0.5) is 0 Å². The molecule has 1 aromatic carbocycles. The van der Waals surface area contributed by atoms with Gasteiger partial charge in [0.15, 0.2) is 0 Å². The molecular formula is C11H13NO5S. The molecule has 1 saturated carbocycles. The Morgan fingerprint density at radius 1 is 1.44 bits per heavy atom. The molecule has 0 radical (unpaired) electrons. The number of primary sulfonamides is 1. The summed E-state index contributed by atoms with van der Waals surface area (Å²) in [7, 11) is -4.01. The van der Waals surface area contributed by atoms with Gasteiger partial charge in [0.25, 0.3) is 0 Å². The van der Waals surface area contributed by atoms with E-state index in [1.165, 1.54) is 12.1 Å². The number of aromatic carboxylic acids is 1. The summed E-state index contributed by atoms with van der Waals surface area (Å²) in [6.45, 7) is 0.426. The molecular weight excluding hydrogens is 258 g/mol. The second-order valence-electron chi connectivity index (χ2n) is 4.27. The van der Waals surface area contributed by atoms with Crippen molar-refractivity contribution in [2.45, 2.75) is 17.7 Å². The predicted octanol–water partition coefficient (Wildman–Crippen LogP) is 0.821. The average Bonchev–Trinajstić information content (AvgIpc) is 3.08. The predicted molar refractivity (Wildman–Crippen MR) is 63.0 cm³/mol. The zero-order chi connectivity index (χ0) is 13.3. The van der Waals surface area contributed by atoms with Crippen LogP contribution in [-0.2, 0) is 10.0 Å². The number of carbonyl (C=O) groups is 1. The van der Waals surface area contributed by atoms with Crippen LogP contribution in [0.5, 0.6) is 5.75 Å². The molecule has 7 heteroatoms. The quantitative estimate of drug-likeness (QED) is 0.824. The van der Waals surface area contributed by atoms with Crippen molar-refractivity contribution in [2.24, 2.45) is 11.1 Å². The van der Waals surface area contributed by atoms with Gasteiger partial charge in [-0.15, -0.1) is 0 Å². The van der Waals surface area contributed by atoms with Crippen molar-refractivity contribution in [3.8, 4) is 5.75 Å². The van der Waals surface area contributed by atoms with E-state index >= 15 is 0 Å². The third kappa shape index (κ3) is 2.99. The standard InChI is InChI=1S/C11H13NO5S/c12-18(15,16)10-5-8(11(13)14)3-4-9(10)17-6-7-1-2-7/h3-5,7H,1-2,6H2,(H,13,14)(H2,12,15,16). The second-order valence-corrected chi connectivity index (χ2v) is 5.80. The molecule has 0 saturated heterocycles. The molecule has 0 heterocycles. The van der Waals surface area contributed by atoms with Crippen LogP contribution in [0.25, 0.3) is 0 Å². The molecule has 1 aromatic rings. The molecule has 3 N–H and O–H groups in total. The highest BCUT2D eigenvalue weighted by Crippen LogP contribution is 2.31. The summed E-state index contributed by atoms with van der Waals surface area (Å²) in [6.07, 6.45) is 2.13. The highest BCUT2D eigenvalue weighted by molar-refractivity contribution is 7.89.